The lowest BCUT2D eigenvalue weighted by molar-refractivity contribution is 0.0947. The first-order chi connectivity index (χ1) is 16.8. The van der Waals surface area contributed by atoms with Gasteiger partial charge in [0.15, 0.2) is 0 Å². The number of nitrogens with zero attached hydrogens (tertiary/aromatic N) is 1. The third-order valence-electron chi connectivity index (χ3n) is 5.43. The van der Waals surface area contributed by atoms with Gasteiger partial charge in [-0.05, 0) is 64.9 Å². The average molecular weight is 509 g/mol. The molecule has 1 amide bonds. The van der Waals surface area contributed by atoms with E-state index in [4.69, 9.17) is 16.3 Å². The normalized spacial score (nSPS) is 11.3. The topological polar surface area (TPSA) is 75.7 Å². The molecule has 4 rings (SSSR count). The largest absolute Gasteiger partial charge is 0.492 e. The van der Waals surface area contributed by atoms with Crippen molar-refractivity contribution in [3.05, 3.63) is 107 Å². The van der Waals surface area contributed by atoms with Crippen LogP contribution >= 0.6 is 11.6 Å². The quantitative estimate of drug-likeness (QED) is 0.312. The molecule has 4 aromatic rings. The monoisotopic (exact) mass is 508 g/mol. The molecule has 0 bridgehead atoms. The molecule has 35 heavy (non-hydrogen) atoms. The van der Waals surface area contributed by atoms with Crippen LogP contribution in [0.1, 0.15) is 15.9 Å². The molecule has 0 fully saturated rings. The number of sulfonamides is 1. The van der Waals surface area contributed by atoms with Crippen LogP contribution in [0.5, 0.6) is 5.75 Å². The van der Waals surface area contributed by atoms with Crippen LogP contribution in [0.2, 0.25) is 5.02 Å². The van der Waals surface area contributed by atoms with Crippen LogP contribution in [0.4, 0.5) is 5.69 Å². The van der Waals surface area contributed by atoms with Crippen molar-refractivity contribution in [1.29, 1.82) is 0 Å². The van der Waals surface area contributed by atoms with E-state index >= 15 is 0 Å². The maximum atomic E-state index is 12.5. The maximum Gasteiger partial charge on any atom is 0.251 e. The second-order valence-corrected chi connectivity index (χ2v) is 10.4. The van der Waals surface area contributed by atoms with Gasteiger partial charge in [0.25, 0.3) is 5.91 Å². The molecule has 0 radical (unpaired) electrons. The predicted molar refractivity (Wildman–Crippen MR) is 141 cm³/mol. The molecule has 0 unspecified atom stereocenters. The lowest BCUT2D eigenvalue weighted by Crippen LogP contribution is -2.30. The van der Waals surface area contributed by atoms with Crippen LogP contribution in [-0.2, 0) is 16.6 Å². The first-order valence-corrected chi connectivity index (χ1v) is 13.2. The molecule has 6 nitrogen and oxygen atoms in total. The van der Waals surface area contributed by atoms with Crippen LogP contribution in [0.3, 0.4) is 0 Å². The summed E-state index contributed by atoms with van der Waals surface area (Å²) in [6.45, 7) is 0.818. The fraction of sp³-hybridized carbons (Fsp3) is 0.148. The lowest BCUT2D eigenvalue weighted by Gasteiger charge is -2.23. The zero-order chi connectivity index (χ0) is 24.8. The SMILES string of the molecule is CS(=O)(=O)N(Cc1ccc(Cl)cc1)c1ccc(C(=O)NCCOc2ccc3ccccc3c2)cc1. The van der Waals surface area contributed by atoms with Gasteiger partial charge in [0, 0.05) is 10.6 Å². The van der Waals surface area contributed by atoms with Gasteiger partial charge >= 0.3 is 0 Å². The van der Waals surface area contributed by atoms with Crippen LogP contribution < -0.4 is 14.4 Å². The standard InChI is InChI=1S/C27H25ClN2O4S/c1-35(32,33)30(19-20-6-11-24(28)12-7-20)25-13-8-22(9-14-25)27(31)29-16-17-34-26-15-10-21-4-2-3-5-23(21)18-26/h2-15,18H,16-17,19H2,1H3,(H,29,31). The highest BCUT2D eigenvalue weighted by atomic mass is 35.5. The summed E-state index contributed by atoms with van der Waals surface area (Å²) < 4.78 is 31.8. The van der Waals surface area contributed by atoms with E-state index in [0.29, 0.717) is 29.4 Å². The Kier molecular flexibility index (Phi) is 7.58. The Morgan fingerprint density at radius 3 is 2.29 bits per heavy atom. The third-order valence-corrected chi connectivity index (χ3v) is 6.83. The Labute approximate surface area is 210 Å². The summed E-state index contributed by atoms with van der Waals surface area (Å²) in [5.74, 6) is 0.478. The van der Waals surface area contributed by atoms with Crippen molar-refractivity contribution in [3.63, 3.8) is 0 Å². The molecule has 4 aromatic carbocycles. The van der Waals surface area contributed by atoms with Gasteiger partial charge in [-0.1, -0.05) is 54.1 Å². The molecule has 0 aliphatic carbocycles. The summed E-state index contributed by atoms with van der Waals surface area (Å²) in [6, 6.07) is 27.3. The molecular formula is C27H25ClN2O4S. The van der Waals surface area contributed by atoms with Crippen LogP contribution in [0.25, 0.3) is 10.8 Å². The van der Waals surface area contributed by atoms with Crippen molar-refractivity contribution in [2.45, 2.75) is 6.54 Å². The molecule has 0 saturated heterocycles. The molecule has 1 N–H and O–H groups in total. The van der Waals surface area contributed by atoms with E-state index in [-0.39, 0.29) is 12.5 Å². The van der Waals surface area contributed by atoms with Crippen molar-refractivity contribution in [1.82, 2.24) is 5.32 Å². The Morgan fingerprint density at radius 1 is 0.914 bits per heavy atom. The molecule has 0 spiro atoms. The summed E-state index contributed by atoms with van der Waals surface area (Å²) >= 11 is 5.92. The number of hydrogen-bond acceptors (Lipinski definition) is 4. The number of carbonyl (C=O) groups excluding carboxylic acids is 1. The molecule has 180 valence electrons. The summed E-state index contributed by atoms with van der Waals surface area (Å²) in [5, 5.41) is 5.63. The maximum absolute atomic E-state index is 12.5. The van der Waals surface area contributed by atoms with Gasteiger partial charge in [-0.2, -0.15) is 0 Å². The van der Waals surface area contributed by atoms with Gasteiger partial charge < -0.3 is 10.1 Å². The number of ether oxygens (including phenoxy) is 1. The molecular weight excluding hydrogens is 484 g/mol. The fourth-order valence-corrected chi connectivity index (χ4v) is 4.64. The molecule has 0 aromatic heterocycles. The minimum atomic E-state index is -3.53. The zero-order valence-electron chi connectivity index (χ0n) is 19.1. The van der Waals surface area contributed by atoms with Gasteiger partial charge in [-0.25, -0.2) is 8.42 Å². The van der Waals surface area contributed by atoms with Crippen molar-refractivity contribution >= 4 is 44.0 Å². The van der Waals surface area contributed by atoms with Crippen LogP contribution in [0, 0.1) is 0 Å². The number of halogens is 1. The predicted octanol–water partition coefficient (Wildman–Crippen LogP) is 5.27. The van der Waals surface area contributed by atoms with Gasteiger partial charge in [-0.3, -0.25) is 9.10 Å². The van der Waals surface area contributed by atoms with E-state index < -0.39 is 10.0 Å². The number of anilines is 1. The van der Waals surface area contributed by atoms with Gasteiger partial charge in [0.2, 0.25) is 10.0 Å². The lowest BCUT2D eigenvalue weighted by atomic mass is 10.1. The zero-order valence-corrected chi connectivity index (χ0v) is 20.7. The summed E-state index contributed by atoms with van der Waals surface area (Å²) in [4.78, 5) is 12.5. The molecule has 0 saturated carbocycles. The number of hydrogen-bond donors (Lipinski definition) is 1. The minimum absolute atomic E-state index is 0.160. The smallest absolute Gasteiger partial charge is 0.251 e. The summed E-state index contributed by atoms with van der Waals surface area (Å²) in [6.07, 6.45) is 1.15. The van der Waals surface area contributed by atoms with E-state index in [1.807, 2.05) is 42.5 Å². The molecule has 0 heterocycles. The number of nitrogens with one attached hydrogen (secondary N) is 1. The second kappa shape index (κ2) is 10.8. The Hall–Kier alpha value is -3.55. The fourth-order valence-electron chi connectivity index (χ4n) is 3.63. The number of benzene rings is 4. The third kappa shape index (κ3) is 6.53. The highest BCUT2D eigenvalue weighted by Crippen LogP contribution is 2.23. The number of carbonyl (C=O) groups is 1. The summed E-state index contributed by atoms with van der Waals surface area (Å²) in [7, 11) is -3.53. The van der Waals surface area contributed by atoms with Gasteiger partial charge in [0.05, 0.1) is 25.0 Å². The molecule has 0 aliphatic heterocycles. The highest BCUT2D eigenvalue weighted by molar-refractivity contribution is 7.92. The second-order valence-electron chi connectivity index (χ2n) is 8.06. The van der Waals surface area contributed by atoms with Crippen molar-refractivity contribution < 1.29 is 17.9 Å². The van der Waals surface area contributed by atoms with E-state index in [1.165, 1.54) is 4.31 Å². The first kappa shape index (κ1) is 24.6. The van der Waals surface area contributed by atoms with E-state index in [2.05, 4.69) is 5.32 Å². The number of rotatable bonds is 9. The summed E-state index contributed by atoms with van der Waals surface area (Å²) in [5.41, 5.74) is 1.70. The van der Waals surface area contributed by atoms with Crippen molar-refractivity contribution in [2.24, 2.45) is 0 Å². The molecule has 0 aliphatic rings. The Morgan fingerprint density at radius 2 is 1.60 bits per heavy atom. The van der Waals surface area contributed by atoms with E-state index in [9.17, 15) is 13.2 Å². The molecule has 8 heteroatoms. The van der Waals surface area contributed by atoms with E-state index in [0.717, 1.165) is 28.3 Å². The van der Waals surface area contributed by atoms with Crippen molar-refractivity contribution in [3.8, 4) is 5.75 Å². The van der Waals surface area contributed by atoms with Crippen LogP contribution in [0.15, 0.2) is 91.0 Å². The number of amides is 1. The number of fused-ring (bicyclic) bond motifs is 1. The van der Waals surface area contributed by atoms with Crippen molar-refractivity contribution in [2.75, 3.05) is 23.7 Å². The minimum Gasteiger partial charge on any atom is -0.492 e. The Balaban J connectivity index is 1.34. The van der Waals surface area contributed by atoms with E-state index in [1.54, 1.807) is 48.5 Å². The van der Waals surface area contributed by atoms with Crippen LogP contribution in [-0.4, -0.2) is 33.7 Å². The molecule has 0 atom stereocenters. The van der Waals surface area contributed by atoms with Gasteiger partial charge in [0.1, 0.15) is 12.4 Å². The average Bonchev–Trinajstić information content (AvgIpc) is 2.85. The Bertz CT molecular complexity index is 1420. The first-order valence-electron chi connectivity index (χ1n) is 11.0. The van der Waals surface area contributed by atoms with Gasteiger partial charge in [-0.15, -0.1) is 0 Å². The highest BCUT2D eigenvalue weighted by Gasteiger charge is 2.18.